The number of fused-ring (bicyclic) bond motifs is 1. The van der Waals surface area contributed by atoms with E-state index in [9.17, 15) is 0 Å². The predicted octanol–water partition coefficient (Wildman–Crippen LogP) is -1.28. The second-order valence-corrected chi connectivity index (χ2v) is 12.3. The molecule has 26 heavy (non-hydrogen) atoms. The van der Waals surface area contributed by atoms with E-state index in [0.29, 0.717) is 0 Å². The van der Waals surface area contributed by atoms with Gasteiger partial charge in [-0.2, -0.15) is 0 Å². The molecule has 0 unspecified atom stereocenters. The van der Waals surface area contributed by atoms with Crippen LogP contribution in [0.5, 0.6) is 5.75 Å². The summed E-state index contributed by atoms with van der Waals surface area (Å²) in [5.74, 6) is 1.79. The molecule has 0 saturated carbocycles. The van der Waals surface area contributed by atoms with Crippen LogP contribution in [-0.2, 0) is 30.9 Å². The van der Waals surface area contributed by atoms with Gasteiger partial charge in [0.05, 0.1) is 18.6 Å². The van der Waals surface area contributed by atoms with Gasteiger partial charge in [-0.25, -0.2) is 0 Å². The Morgan fingerprint density at radius 2 is 1.69 bits per heavy atom. The van der Waals surface area contributed by atoms with Crippen molar-refractivity contribution in [3.8, 4) is 5.75 Å². The molecule has 1 aromatic carbocycles. The summed E-state index contributed by atoms with van der Waals surface area (Å²) in [6, 6.07) is 6.15. The molecule has 1 radical (unpaired) electrons. The zero-order valence-corrected chi connectivity index (χ0v) is 21.8. The van der Waals surface area contributed by atoms with E-state index in [4.69, 9.17) is 9.16 Å². The van der Waals surface area contributed by atoms with Gasteiger partial charge in [0.25, 0.3) is 0 Å². The van der Waals surface area contributed by atoms with E-state index in [1.54, 1.807) is 7.11 Å². The van der Waals surface area contributed by atoms with Gasteiger partial charge < -0.3 is 39.3 Å². The summed E-state index contributed by atoms with van der Waals surface area (Å²) in [5.41, 5.74) is 4.10. The smallest absolute Gasteiger partial charge is 1.00 e. The van der Waals surface area contributed by atoms with Crippen molar-refractivity contribution in [2.75, 3.05) is 7.11 Å². The molecule has 0 amide bonds. The molecule has 0 bridgehead atoms. The van der Waals surface area contributed by atoms with Crippen molar-refractivity contribution in [3.05, 3.63) is 46.9 Å². The van der Waals surface area contributed by atoms with Gasteiger partial charge in [-0.05, 0) is 59.1 Å². The molecule has 143 valence electrons. The Morgan fingerprint density at radius 1 is 1.12 bits per heavy atom. The summed E-state index contributed by atoms with van der Waals surface area (Å²) in [5, 5.41) is 3.54. The number of hydrogen-bond acceptors (Lipinski definition) is 3. The van der Waals surface area contributed by atoms with Crippen LogP contribution in [0, 0.1) is 6.08 Å². The van der Waals surface area contributed by atoms with Crippen molar-refractivity contribution in [1.82, 2.24) is 5.32 Å². The monoisotopic (exact) mass is 490 g/mol. The summed E-state index contributed by atoms with van der Waals surface area (Å²) < 4.78 is 11.9. The summed E-state index contributed by atoms with van der Waals surface area (Å²) in [6.45, 7) is 15.0. The van der Waals surface area contributed by atoms with E-state index in [2.05, 4.69) is 57.9 Å². The molecule has 1 N–H and O–H groups in total. The number of allylic oxidation sites excluding steroid dienone is 2. The number of ether oxygens (including phenoxy) is 1. The van der Waals surface area contributed by atoms with Crippen LogP contribution in [0.2, 0.25) is 19.6 Å². The van der Waals surface area contributed by atoms with Gasteiger partial charge in [-0.15, -0.1) is 23.8 Å². The standard InChI is InChI=1S/C19H28NO2Si.2ClH.Zr/c1-13(21-5)17-15(20-19(2,3)4)12-14-10-9-11-16(18(14)17)22-23(6,7)8;;;/h9-11,20H,1-8H3;2*1H;/q-1;;;+3/p-2. The minimum atomic E-state index is -1.71. The summed E-state index contributed by atoms with van der Waals surface area (Å²) in [4.78, 5) is 0. The van der Waals surface area contributed by atoms with E-state index in [1.165, 1.54) is 0 Å². The molecule has 7 heteroatoms. The molecule has 0 saturated heterocycles. The van der Waals surface area contributed by atoms with Crippen molar-refractivity contribution in [2.45, 2.75) is 52.9 Å². The van der Waals surface area contributed by atoms with E-state index in [0.717, 1.165) is 33.9 Å². The number of benzene rings is 1. The number of halogens is 2. The van der Waals surface area contributed by atoms with Crippen molar-refractivity contribution in [2.24, 2.45) is 0 Å². The Labute approximate surface area is 191 Å². The number of methoxy groups -OCH3 is 1. The average molecular weight is 493 g/mol. The fourth-order valence-corrected chi connectivity index (χ4v) is 3.38. The van der Waals surface area contributed by atoms with Gasteiger partial charge in [0, 0.05) is 5.54 Å². The molecule has 3 nitrogen and oxygen atoms in total. The maximum atomic E-state index is 6.32. The molecule has 2 rings (SSSR count). The largest absolute Gasteiger partial charge is 3.00 e. The van der Waals surface area contributed by atoms with Crippen LogP contribution in [0.15, 0.2) is 29.7 Å². The van der Waals surface area contributed by atoms with E-state index in [-0.39, 0.29) is 56.6 Å². The van der Waals surface area contributed by atoms with E-state index in [1.807, 2.05) is 19.1 Å². The molecular formula is C19H28Cl2NO2SiZr. The maximum absolute atomic E-state index is 6.32. The minimum Gasteiger partial charge on any atom is -1.00 e. The molecule has 1 aromatic rings. The molecule has 1 aliphatic carbocycles. The second-order valence-electron chi connectivity index (χ2n) is 7.90. The first kappa shape index (κ1) is 28.0. The fourth-order valence-electron chi connectivity index (χ4n) is 2.55. The van der Waals surface area contributed by atoms with Crippen LogP contribution >= 0.6 is 0 Å². The zero-order chi connectivity index (χ0) is 17.4. The third-order valence-electron chi connectivity index (χ3n) is 3.36. The Bertz CT molecular complexity index is 677. The minimum absolute atomic E-state index is 0. The summed E-state index contributed by atoms with van der Waals surface area (Å²) in [6.07, 6.45) is 3.49. The van der Waals surface area contributed by atoms with Gasteiger partial charge in [0.1, 0.15) is 0 Å². The topological polar surface area (TPSA) is 30.5 Å². The first-order chi connectivity index (χ1) is 10.5. The van der Waals surface area contributed by atoms with E-state index >= 15 is 0 Å². The third-order valence-corrected chi connectivity index (χ3v) is 4.19. The van der Waals surface area contributed by atoms with Crippen LogP contribution in [0.1, 0.15) is 38.8 Å². The van der Waals surface area contributed by atoms with Gasteiger partial charge >= 0.3 is 26.2 Å². The summed E-state index contributed by atoms with van der Waals surface area (Å²) in [7, 11) is 0.000260. The van der Waals surface area contributed by atoms with Crippen molar-refractivity contribution in [1.29, 1.82) is 0 Å². The maximum Gasteiger partial charge on any atom is 3.00 e. The Balaban J connectivity index is 0. The molecule has 0 heterocycles. The number of nitrogens with one attached hydrogen (secondary N) is 1. The first-order valence-corrected chi connectivity index (χ1v) is 11.4. The van der Waals surface area contributed by atoms with E-state index < -0.39 is 8.32 Å². The van der Waals surface area contributed by atoms with Crippen LogP contribution in [0.4, 0.5) is 0 Å². The quantitative estimate of drug-likeness (QED) is 0.323. The van der Waals surface area contributed by atoms with Crippen LogP contribution < -0.4 is 34.6 Å². The molecule has 1 aliphatic rings. The molecule has 0 spiro atoms. The fraction of sp³-hybridized carbons (Fsp3) is 0.474. The third kappa shape index (κ3) is 7.07. The van der Waals surface area contributed by atoms with Crippen LogP contribution in [0.25, 0.3) is 5.57 Å². The van der Waals surface area contributed by atoms with Crippen molar-refractivity contribution >= 4 is 13.9 Å². The predicted molar refractivity (Wildman–Crippen MR) is 98.8 cm³/mol. The van der Waals surface area contributed by atoms with Crippen molar-refractivity contribution in [3.63, 3.8) is 0 Å². The van der Waals surface area contributed by atoms with Crippen LogP contribution in [-0.4, -0.2) is 21.0 Å². The molecule has 0 aliphatic heterocycles. The second kappa shape index (κ2) is 10.4. The first-order valence-electron chi connectivity index (χ1n) is 8.01. The number of hydrogen-bond donors (Lipinski definition) is 1. The molecule has 0 fully saturated rings. The van der Waals surface area contributed by atoms with Gasteiger partial charge in [0.2, 0.25) is 8.32 Å². The Hall–Kier alpha value is -0.220. The SMILES string of the molecule is COC(C)=C1C(NC(C)(C)C)=[C-]c2cccc(O[Si](C)(C)C)c21.[Cl-].[Cl-].[Zr+3]. The number of rotatable bonds is 4. The average Bonchev–Trinajstić information content (AvgIpc) is 2.72. The normalized spacial score (nSPS) is 14.7. The van der Waals surface area contributed by atoms with Crippen molar-refractivity contribution < 1.29 is 60.2 Å². The summed E-state index contributed by atoms with van der Waals surface area (Å²) >= 11 is 0. The van der Waals surface area contributed by atoms with Crippen LogP contribution in [0.3, 0.4) is 0 Å². The van der Waals surface area contributed by atoms with Gasteiger partial charge in [-0.3, -0.25) is 0 Å². The van der Waals surface area contributed by atoms with Gasteiger partial charge in [-0.1, -0.05) is 11.1 Å². The Kier molecular flexibility index (Phi) is 11.2. The molecule has 0 aromatic heterocycles. The molecule has 0 atom stereocenters. The molecular weight excluding hydrogens is 464 g/mol. The van der Waals surface area contributed by atoms with Gasteiger partial charge in [0.15, 0.2) is 0 Å². The zero-order valence-electron chi connectivity index (χ0n) is 16.8. The Morgan fingerprint density at radius 3 is 2.15 bits per heavy atom.